The van der Waals surface area contributed by atoms with Crippen LogP contribution >= 0.6 is 27.3 Å². The monoisotopic (exact) mass is 469 g/mol. The molecular formula is C18H24BrN5OS2. The van der Waals surface area contributed by atoms with Crippen molar-refractivity contribution in [2.24, 2.45) is 5.41 Å². The Morgan fingerprint density at radius 3 is 2.63 bits per heavy atom. The highest BCUT2D eigenvalue weighted by Crippen LogP contribution is 2.53. The van der Waals surface area contributed by atoms with Gasteiger partial charge in [0.2, 0.25) is 0 Å². The number of fused-ring (bicyclic) bond motifs is 1. The molecule has 1 N–H and O–H groups in total. The number of aromatic nitrogens is 3. The number of anilines is 1. The highest BCUT2D eigenvalue weighted by molar-refractivity contribution is 9.10. The molecule has 1 aliphatic carbocycles. The van der Waals surface area contributed by atoms with Gasteiger partial charge < -0.3 is 9.45 Å². The fraction of sp³-hybridized carbons (Fsp3) is 0.611. The average Bonchev–Trinajstić information content (AvgIpc) is 3.17. The van der Waals surface area contributed by atoms with Crippen molar-refractivity contribution in [2.45, 2.75) is 50.8 Å². The lowest BCUT2D eigenvalue weighted by atomic mass is 9.74. The Balaban J connectivity index is 1.53. The van der Waals surface area contributed by atoms with Gasteiger partial charge in [-0.1, -0.05) is 0 Å². The minimum atomic E-state index is -1.11. The van der Waals surface area contributed by atoms with E-state index >= 15 is 0 Å². The maximum atomic E-state index is 12.8. The first-order valence-electron chi connectivity index (χ1n) is 9.11. The number of hydrogen-bond acceptors (Lipinski definition) is 7. The van der Waals surface area contributed by atoms with E-state index in [-0.39, 0.29) is 16.2 Å². The summed E-state index contributed by atoms with van der Waals surface area (Å²) in [5.41, 5.74) is 3.18. The third-order valence-corrected chi connectivity index (χ3v) is 8.45. The molecule has 2 atom stereocenters. The van der Waals surface area contributed by atoms with Crippen LogP contribution in [-0.4, -0.2) is 37.3 Å². The Morgan fingerprint density at radius 1 is 1.26 bits per heavy atom. The maximum absolute atomic E-state index is 12.8. The molecule has 2 aliphatic rings. The van der Waals surface area contributed by atoms with Gasteiger partial charge in [-0.3, -0.25) is 0 Å². The van der Waals surface area contributed by atoms with Crippen molar-refractivity contribution in [3.05, 3.63) is 33.1 Å². The van der Waals surface area contributed by atoms with Crippen LogP contribution in [-0.2, 0) is 17.8 Å². The smallest absolute Gasteiger partial charge is 0.147 e. The Morgan fingerprint density at radius 2 is 2.00 bits per heavy atom. The van der Waals surface area contributed by atoms with Gasteiger partial charge in [-0.25, -0.2) is 15.0 Å². The third-order valence-electron chi connectivity index (χ3n) is 5.54. The highest BCUT2D eigenvalue weighted by atomic mass is 79.9. The fourth-order valence-corrected chi connectivity index (χ4v) is 6.15. The van der Waals surface area contributed by atoms with Crippen molar-refractivity contribution in [1.29, 1.82) is 0 Å². The summed E-state index contributed by atoms with van der Waals surface area (Å²) in [6.45, 7) is 7.89. The topological polar surface area (TPSA) is 77.0 Å². The first-order valence-corrected chi connectivity index (χ1v) is 11.9. The van der Waals surface area contributed by atoms with Crippen LogP contribution in [0.3, 0.4) is 0 Å². The van der Waals surface area contributed by atoms with Gasteiger partial charge in [0.05, 0.1) is 29.6 Å². The van der Waals surface area contributed by atoms with Gasteiger partial charge in [0.15, 0.2) is 0 Å². The summed E-state index contributed by atoms with van der Waals surface area (Å²) in [6.07, 6.45) is 6.57. The van der Waals surface area contributed by atoms with Crippen LogP contribution in [0, 0.1) is 5.41 Å². The molecule has 1 saturated heterocycles. The molecule has 146 valence electrons. The quantitative estimate of drug-likeness (QED) is 0.691. The van der Waals surface area contributed by atoms with Crippen molar-refractivity contribution < 1.29 is 4.55 Å². The van der Waals surface area contributed by atoms with E-state index in [2.05, 4.69) is 40.5 Å². The lowest BCUT2D eigenvalue weighted by Crippen LogP contribution is -2.49. The Bertz CT molecular complexity index is 799. The van der Waals surface area contributed by atoms with Gasteiger partial charge in [-0.2, -0.15) is 0 Å². The Kier molecular flexibility index (Phi) is 5.26. The normalized spacial score (nSPS) is 22.9. The van der Waals surface area contributed by atoms with E-state index in [0.717, 1.165) is 42.8 Å². The maximum Gasteiger partial charge on any atom is 0.147 e. The van der Waals surface area contributed by atoms with Crippen LogP contribution < -0.4 is 9.62 Å². The molecule has 2 aromatic heterocycles. The van der Waals surface area contributed by atoms with Crippen LogP contribution in [0.5, 0.6) is 0 Å². The molecule has 1 unspecified atom stereocenters. The third kappa shape index (κ3) is 3.76. The molecule has 0 aromatic carbocycles. The summed E-state index contributed by atoms with van der Waals surface area (Å²) < 4.78 is 16.8. The highest BCUT2D eigenvalue weighted by Gasteiger charge is 2.52. The molecule has 1 spiro atoms. The molecule has 0 bridgehead atoms. The van der Waals surface area contributed by atoms with Gasteiger partial charge in [-0.05, 0) is 56.0 Å². The molecule has 4 rings (SSSR count). The van der Waals surface area contributed by atoms with E-state index in [4.69, 9.17) is 0 Å². The van der Waals surface area contributed by atoms with E-state index in [0.29, 0.717) is 0 Å². The second-order valence-corrected chi connectivity index (χ2v) is 12.0. The van der Waals surface area contributed by atoms with Gasteiger partial charge >= 0.3 is 0 Å². The van der Waals surface area contributed by atoms with Crippen molar-refractivity contribution >= 4 is 44.4 Å². The predicted octanol–water partition coefficient (Wildman–Crippen LogP) is 3.63. The minimum Gasteiger partial charge on any atom is -0.598 e. The number of nitrogens with zero attached hydrogens (tertiary/aromatic N) is 4. The Hall–Kier alpha value is -0.740. The molecule has 2 aromatic rings. The number of piperidine rings is 1. The number of thiazole rings is 1. The number of hydrogen-bond donors (Lipinski definition) is 1. The largest absolute Gasteiger partial charge is 0.598 e. The number of nitrogens with one attached hydrogen (secondary N) is 1. The van der Waals surface area contributed by atoms with Crippen molar-refractivity contribution in [2.75, 3.05) is 18.0 Å². The van der Waals surface area contributed by atoms with Gasteiger partial charge in [0.1, 0.15) is 15.2 Å². The summed E-state index contributed by atoms with van der Waals surface area (Å²) >= 11 is 3.93. The number of halogens is 1. The first kappa shape index (κ1) is 19.6. The molecule has 0 saturated carbocycles. The number of rotatable bonds is 3. The van der Waals surface area contributed by atoms with Gasteiger partial charge in [0.25, 0.3) is 0 Å². The van der Waals surface area contributed by atoms with E-state index < -0.39 is 11.4 Å². The zero-order valence-electron chi connectivity index (χ0n) is 15.7. The molecule has 1 fully saturated rings. The second kappa shape index (κ2) is 7.26. The molecule has 0 amide bonds. The van der Waals surface area contributed by atoms with Crippen LogP contribution in [0.25, 0.3) is 0 Å². The summed E-state index contributed by atoms with van der Waals surface area (Å²) in [5, 5.41) is 0. The summed E-state index contributed by atoms with van der Waals surface area (Å²) in [5.74, 6) is 0.918. The van der Waals surface area contributed by atoms with E-state index in [1.807, 2.05) is 32.5 Å². The predicted molar refractivity (Wildman–Crippen MR) is 113 cm³/mol. The average molecular weight is 470 g/mol. The minimum absolute atomic E-state index is 0.0790. The molecule has 27 heavy (non-hydrogen) atoms. The van der Waals surface area contributed by atoms with E-state index in [1.165, 1.54) is 10.6 Å². The second-order valence-electron chi connectivity index (χ2n) is 8.32. The summed E-state index contributed by atoms with van der Waals surface area (Å²) in [6, 6.07) is 0.109. The molecule has 0 radical (unpaired) electrons. The SMILES string of the molecule is CC(C)(C)[S+]([O-])N[C@@H]1c2scnc2CC12CCN(c1cnc(Br)cn1)CC2. The first-order chi connectivity index (χ1) is 12.8. The summed E-state index contributed by atoms with van der Waals surface area (Å²) in [4.78, 5) is 16.9. The van der Waals surface area contributed by atoms with E-state index in [9.17, 15) is 4.55 Å². The van der Waals surface area contributed by atoms with Crippen LogP contribution in [0.1, 0.15) is 50.2 Å². The summed E-state index contributed by atoms with van der Waals surface area (Å²) in [7, 11) is 0. The van der Waals surface area contributed by atoms with Crippen molar-refractivity contribution in [3.8, 4) is 0 Å². The molecule has 1 aliphatic heterocycles. The van der Waals surface area contributed by atoms with Gasteiger partial charge in [0, 0.05) is 34.7 Å². The van der Waals surface area contributed by atoms with Crippen molar-refractivity contribution in [3.63, 3.8) is 0 Å². The van der Waals surface area contributed by atoms with Crippen LogP contribution in [0.4, 0.5) is 5.82 Å². The zero-order chi connectivity index (χ0) is 19.2. The standard InChI is InChI=1S/C18H24BrN5OS2/c1-17(2,3)27(25)23-16-15-12(22-11-26-15)8-18(16)4-6-24(7-5-18)14-10-20-13(19)9-21-14/h9-11,16,23H,4-8H2,1-3H3/t16-,27?/m1/s1. The molecule has 9 heteroatoms. The fourth-order valence-electron chi connectivity index (χ4n) is 3.94. The lowest BCUT2D eigenvalue weighted by Gasteiger charge is -2.43. The Labute approximate surface area is 175 Å². The molecular weight excluding hydrogens is 446 g/mol. The lowest BCUT2D eigenvalue weighted by molar-refractivity contribution is 0.176. The van der Waals surface area contributed by atoms with Crippen molar-refractivity contribution in [1.82, 2.24) is 19.7 Å². The zero-order valence-corrected chi connectivity index (χ0v) is 19.0. The van der Waals surface area contributed by atoms with E-state index in [1.54, 1.807) is 17.5 Å². The molecule has 6 nitrogen and oxygen atoms in total. The van der Waals surface area contributed by atoms with Gasteiger partial charge in [-0.15, -0.1) is 16.1 Å². The molecule has 3 heterocycles. The van der Waals surface area contributed by atoms with Crippen LogP contribution in [0.15, 0.2) is 22.5 Å². The van der Waals surface area contributed by atoms with Crippen LogP contribution in [0.2, 0.25) is 0 Å².